The van der Waals surface area contributed by atoms with Crippen molar-refractivity contribution in [2.24, 2.45) is 0 Å². The summed E-state index contributed by atoms with van der Waals surface area (Å²) in [7, 11) is -2.70. The first-order chi connectivity index (χ1) is 15.6. The van der Waals surface area contributed by atoms with Gasteiger partial charge in [0, 0.05) is 31.7 Å². The number of amides is 1. The molecule has 178 valence electrons. The molecule has 4 rings (SSSR count). The summed E-state index contributed by atoms with van der Waals surface area (Å²) in [6.07, 6.45) is -4.65. The fraction of sp³-hybridized carbons (Fsp3) is 0.381. The molecule has 0 unspecified atom stereocenters. The Morgan fingerprint density at radius 3 is 2.39 bits per heavy atom. The maximum absolute atomic E-state index is 13.0. The van der Waals surface area contributed by atoms with Crippen LogP contribution in [0.4, 0.5) is 13.2 Å². The van der Waals surface area contributed by atoms with Gasteiger partial charge in [0.1, 0.15) is 13.2 Å². The quantitative estimate of drug-likeness (QED) is 0.661. The van der Waals surface area contributed by atoms with E-state index in [0.717, 1.165) is 22.5 Å². The zero-order chi connectivity index (χ0) is 23.8. The second kappa shape index (κ2) is 8.75. The van der Waals surface area contributed by atoms with Crippen molar-refractivity contribution in [2.45, 2.75) is 11.1 Å². The summed E-state index contributed by atoms with van der Waals surface area (Å²) < 4.78 is 82.1. The number of halogens is 3. The monoisotopic (exact) mass is 486 g/mol. The molecular formula is C21H21F3N2O6S. The molecule has 0 bridgehead atoms. The average molecular weight is 486 g/mol. The van der Waals surface area contributed by atoms with Crippen LogP contribution in [0.1, 0.15) is 15.9 Å². The first kappa shape index (κ1) is 23.2. The molecule has 1 fully saturated rings. The third kappa shape index (κ3) is 4.58. The predicted molar refractivity (Wildman–Crippen MR) is 110 cm³/mol. The summed E-state index contributed by atoms with van der Waals surface area (Å²) in [5.41, 5.74) is -0.741. The van der Waals surface area contributed by atoms with Gasteiger partial charge < -0.3 is 19.1 Å². The van der Waals surface area contributed by atoms with Crippen molar-refractivity contribution in [1.82, 2.24) is 9.21 Å². The molecular weight excluding hydrogens is 465 g/mol. The van der Waals surface area contributed by atoms with E-state index in [1.807, 2.05) is 0 Å². The maximum atomic E-state index is 13.0. The zero-order valence-corrected chi connectivity index (χ0v) is 18.4. The molecule has 0 aromatic heterocycles. The Morgan fingerprint density at radius 1 is 1.03 bits per heavy atom. The van der Waals surface area contributed by atoms with Gasteiger partial charge in [-0.05, 0) is 30.3 Å². The Morgan fingerprint density at radius 2 is 1.73 bits per heavy atom. The highest BCUT2D eigenvalue weighted by molar-refractivity contribution is 7.89. The lowest BCUT2D eigenvalue weighted by molar-refractivity contribution is -0.137. The van der Waals surface area contributed by atoms with Gasteiger partial charge in [0.15, 0.2) is 11.5 Å². The topological polar surface area (TPSA) is 85.4 Å². The molecule has 1 saturated heterocycles. The van der Waals surface area contributed by atoms with Crippen LogP contribution in [-0.2, 0) is 16.2 Å². The molecule has 0 atom stereocenters. The van der Waals surface area contributed by atoms with Crippen LogP contribution in [-0.4, -0.2) is 70.0 Å². The Bertz CT molecular complexity index is 1140. The van der Waals surface area contributed by atoms with Crippen LogP contribution in [0.2, 0.25) is 0 Å². The van der Waals surface area contributed by atoms with Crippen molar-refractivity contribution in [2.75, 3.05) is 46.5 Å². The lowest BCUT2D eigenvalue weighted by Crippen LogP contribution is -2.50. The molecule has 1 amide bonds. The summed E-state index contributed by atoms with van der Waals surface area (Å²) in [5, 5.41) is 0. The lowest BCUT2D eigenvalue weighted by atomic mass is 10.1. The van der Waals surface area contributed by atoms with Crippen molar-refractivity contribution < 1.29 is 40.6 Å². The molecule has 8 nitrogen and oxygen atoms in total. The van der Waals surface area contributed by atoms with Gasteiger partial charge >= 0.3 is 6.18 Å². The fourth-order valence-electron chi connectivity index (χ4n) is 3.69. The van der Waals surface area contributed by atoms with Gasteiger partial charge in [-0.15, -0.1) is 0 Å². The summed E-state index contributed by atoms with van der Waals surface area (Å²) in [6, 6.07) is 6.70. The molecule has 0 saturated carbocycles. The van der Waals surface area contributed by atoms with E-state index in [4.69, 9.17) is 14.2 Å². The number of carbonyl (C=O) groups is 1. The standard InChI is InChI=1S/C21H21F3N2O6S/c1-30-17-11-14(12-18-19(17)32-10-9-31-18)20(27)25-5-7-26(8-6-25)33(28,29)16-4-2-3-15(13-16)21(22,23)24/h2-4,11-13H,5-10H2,1H3. The molecule has 2 heterocycles. The lowest BCUT2D eigenvalue weighted by Gasteiger charge is -2.34. The number of benzene rings is 2. The second-order valence-electron chi connectivity index (χ2n) is 7.42. The molecule has 0 aliphatic carbocycles. The van der Waals surface area contributed by atoms with Crippen LogP contribution in [0, 0.1) is 0 Å². The van der Waals surface area contributed by atoms with Gasteiger partial charge in [-0.3, -0.25) is 4.79 Å². The average Bonchev–Trinajstić information content (AvgIpc) is 2.82. The van der Waals surface area contributed by atoms with Crippen LogP contribution in [0.25, 0.3) is 0 Å². The van der Waals surface area contributed by atoms with E-state index in [0.29, 0.717) is 42.1 Å². The highest BCUT2D eigenvalue weighted by Gasteiger charge is 2.35. The number of fused-ring (bicyclic) bond motifs is 1. The summed E-state index contributed by atoms with van der Waals surface area (Å²) >= 11 is 0. The van der Waals surface area contributed by atoms with E-state index in [1.165, 1.54) is 18.1 Å². The van der Waals surface area contributed by atoms with Crippen LogP contribution in [0.3, 0.4) is 0 Å². The molecule has 33 heavy (non-hydrogen) atoms. The predicted octanol–water partition coefficient (Wildman–Crippen LogP) is 2.63. The van der Waals surface area contributed by atoms with Crippen LogP contribution in [0.5, 0.6) is 17.2 Å². The number of hydrogen-bond acceptors (Lipinski definition) is 6. The SMILES string of the molecule is COc1cc(C(=O)N2CCN(S(=O)(=O)c3cccc(C(F)(F)F)c3)CC2)cc2c1OCCO2. The Hall–Kier alpha value is -2.99. The van der Waals surface area contributed by atoms with Crippen molar-refractivity contribution in [3.63, 3.8) is 0 Å². The number of piperazine rings is 1. The van der Waals surface area contributed by atoms with Crippen molar-refractivity contribution in [3.8, 4) is 17.2 Å². The van der Waals surface area contributed by atoms with Crippen LogP contribution >= 0.6 is 0 Å². The number of sulfonamides is 1. The minimum atomic E-state index is -4.65. The number of alkyl halides is 3. The van der Waals surface area contributed by atoms with E-state index in [2.05, 4.69) is 0 Å². The third-order valence-corrected chi connectivity index (χ3v) is 7.29. The maximum Gasteiger partial charge on any atom is 0.416 e. The van der Waals surface area contributed by atoms with E-state index in [-0.39, 0.29) is 32.1 Å². The molecule has 2 aliphatic rings. The molecule has 0 radical (unpaired) electrons. The number of rotatable bonds is 4. The minimum Gasteiger partial charge on any atom is -0.493 e. The molecule has 2 aromatic rings. The van der Waals surface area contributed by atoms with Gasteiger partial charge in [-0.2, -0.15) is 17.5 Å². The number of ether oxygens (including phenoxy) is 3. The Labute approximate surface area is 188 Å². The van der Waals surface area contributed by atoms with E-state index >= 15 is 0 Å². The number of methoxy groups -OCH3 is 1. The van der Waals surface area contributed by atoms with Crippen LogP contribution in [0.15, 0.2) is 41.3 Å². The highest BCUT2D eigenvalue weighted by atomic mass is 32.2. The van der Waals surface area contributed by atoms with E-state index in [1.54, 1.807) is 6.07 Å². The summed E-state index contributed by atoms with van der Waals surface area (Å²) in [5.74, 6) is 0.801. The third-order valence-electron chi connectivity index (χ3n) is 5.40. The Balaban J connectivity index is 1.48. The van der Waals surface area contributed by atoms with Crippen molar-refractivity contribution >= 4 is 15.9 Å². The normalized spacial score (nSPS) is 17.0. The second-order valence-corrected chi connectivity index (χ2v) is 9.36. The molecule has 0 spiro atoms. The van der Waals surface area contributed by atoms with Crippen molar-refractivity contribution in [1.29, 1.82) is 0 Å². The molecule has 2 aromatic carbocycles. The van der Waals surface area contributed by atoms with Gasteiger partial charge in [-0.1, -0.05) is 6.07 Å². The van der Waals surface area contributed by atoms with Gasteiger partial charge in [-0.25, -0.2) is 8.42 Å². The van der Waals surface area contributed by atoms with Crippen LogP contribution < -0.4 is 14.2 Å². The number of hydrogen-bond donors (Lipinski definition) is 0. The highest BCUT2D eigenvalue weighted by Crippen LogP contribution is 2.40. The van der Waals surface area contributed by atoms with Gasteiger partial charge in [0.25, 0.3) is 5.91 Å². The minimum absolute atomic E-state index is 0.0496. The number of carbonyl (C=O) groups excluding carboxylic acids is 1. The molecule has 0 N–H and O–H groups in total. The summed E-state index contributed by atoms with van der Waals surface area (Å²) in [6.45, 7) is 0.748. The van der Waals surface area contributed by atoms with Crippen molar-refractivity contribution in [3.05, 3.63) is 47.5 Å². The number of nitrogens with zero attached hydrogens (tertiary/aromatic N) is 2. The molecule has 12 heteroatoms. The largest absolute Gasteiger partial charge is 0.493 e. The zero-order valence-electron chi connectivity index (χ0n) is 17.6. The van der Waals surface area contributed by atoms with E-state index < -0.39 is 26.7 Å². The van der Waals surface area contributed by atoms with Gasteiger partial charge in [0.05, 0.1) is 17.6 Å². The molecule has 2 aliphatic heterocycles. The smallest absolute Gasteiger partial charge is 0.416 e. The Kier molecular flexibility index (Phi) is 6.14. The first-order valence-electron chi connectivity index (χ1n) is 10.1. The first-order valence-corrected chi connectivity index (χ1v) is 11.5. The fourth-order valence-corrected chi connectivity index (χ4v) is 5.16. The van der Waals surface area contributed by atoms with E-state index in [9.17, 15) is 26.4 Å². The van der Waals surface area contributed by atoms with Gasteiger partial charge in [0.2, 0.25) is 15.8 Å². The summed E-state index contributed by atoms with van der Waals surface area (Å²) in [4.78, 5) is 14.1.